The molecule has 1 atom stereocenters. The van der Waals surface area contributed by atoms with Crippen LogP contribution in [-0.2, 0) is 0 Å². The molecule has 0 bridgehead atoms. The first-order chi connectivity index (χ1) is 16.7. The van der Waals surface area contributed by atoms with Gasteiger partial charge in [-0.3, -0.25) is 0 Å². The minimum absolute atomic E-state index is 0.167. The molecule has 34 heavy (non-hydrogen) atoms. The Morgan fingerprint density at radius 1 is 0.912 bits per heavy atom. The maximum Gasteiger partial charge on any atom is 0.198 e. The molecule has 3 aliphatic rings. The van der Waals surface area contributed by atoms with Gasteiger partial charge in [-0.2, -0.15) is 5.10 Å². The summed E-state index contributed by atoms with van der Waals surface area (Å²) < 4.78 is 17.9. The SMILES string of the molecule is COc1ccc(C2=NN3[C@@H](C2)c2ccccc2OC32CCC(c3ccccc3)CC2)c(OC)c1. The lowest BCUT2D eigenvalue weighted by Crippen LogP contribution is -2.55. The van der Waals surface area contributed by atoms with Gasteiger partial charge in [0.25, 0.3) is 0 Å². The highest BCUT2D eigenvalue weighted by atomic mass is 16.5. The van der Waals surface area contributed by atoms with Crippen molar-refractivity contribution in [1.29, 1.82) is 0 Å². The van der Waals surface area contributed by atoms with E-state index < -0.39 is 5.72 Å². The third-order valence-corrected chi connectivity index (χ3v) is 7.66. The molecule has 1 fully saturated rings. The third-order valence-electron chi connectivity index (χ3n) is 7.66. The van der Waals surface area contributed by atoms with Gasteiger partial charge in [0.2, 0.25) is 0 Å². The summed E-state index contributed by atoms with van der Waals surface area (Å²) in [5.74, 6) is 3.13. The number of ether oxygens (including phenoxy) is 3. The van der Waals surface area contributed by atoms with E-state index in [2.05, 4.69) is 65.7 Å². The Balaban J connectivity index is 1.36. The number of benzene rings is 3. The van der Waals surface area contributed by atoms with Gasteiger partial charge in [0, 0.05) is 36.5 Å². The van der Waals surface area contributed by atoms with E-state index in [0.717, 1.165) is 60.6 Å². The van der Waals surface area contributed by atoms with Gasteiger partial charge < -0.3 is 14.2 Å². The van der Waals surface area contributed by atoms with E-state index in [1.807, 2.05) is 12.1 Å². The van der Waals surface area contributed by atoms with Crippen LogP contribution in [0.25, 0.3) is 0 Å². The summed E-state index contributed by atoms with van der Waals surface area (Å²) in [5, 5.41) is 7.50. The van der Waals surface area contributed by atoms with Crippen molar-refractivity contribution in [3.63, 3.8) is 0 Å². The lowest BCUT2D eigenvalue weighted by Gasteiger charge is -2.50. The van der Waals surface area contributed by atoms with Crippen LogP contribution in [0.1, 0.15) is 60.8 Å². The van der Waals surface area contributed by atoms with Crippen LogP contribution in [0.15, 0.2) is 77.9 Å². The third kappa shape index (κ3) is 3.42. The monoisotopic (exact) mass is 454 g/mol. The van der Waals surface area contributed by atoms with Crippen molar-refractivity contribution in [2.24, 2.45) is 5.10 Å². The molecule has 0 amide bonds. The number of methoxy groups -OCH3 is 2. The second-order valence-corrected chi connectivity index (χ2v) is 9.45. The maximum absolute atomic E-state index is 6.80. The minimum Gasteiger partial charge on any atom is -0.497 e. The Morgan fingerprint density at radius 3 is 2.44 bits per heavy atom. The molecular weight excluding hydrogens is 424 g/mol. The molecule has 5 heteroatoms. The van der Waals surface area contributed by atoms with Crippen molar-refractivity contribution in [3.05, 3.63) is 89.5 Å². The van der Waals surface area contributed by atoms with Crippen LogP contribution in [0.3, 0.4) is 0 Å². The van der Waals surface area contributed by atoms with Crippen LogP contribution in [0.4, 0.5) is 0 Å². The summed E-state index contributed by atoms with van der Waals surface area (Å²) in [6.45, 7) is 0. The molecule has 5 nitrogen and oxygen atoms in total. The average molecular weight is 455 g/mol. The summed E-state index contributed by atoms with van der Waals surface area (Å²) in [7, 11) is 3.37. The van der Waals surface area contributed by atoms with Crippen LogP contribution in [0, 0.1) is 0 Å². The number of hydrogen-bond acceptors (Lipinski definition) is 5. The smallest absolute Gasteiger partial charge is 0.198 e. The minimum atomic E-state index is -0.411. The van der Waals surface area contributed by atoms with Crippen molar-refractivity contribution in [1.82, 2.24) is 5.01 Å². The molecule has 0 saturated heterocycles. The van der Waals surface area contributed by atoms with Gasteiger partial charge in [-0.25, -0.2) is 5.01 Å². The van der Waals surface area contributed by atoms with Crippen molar-refractivity contribution in [2.75, 3.05) is 14.2 Å². The van der Waals surface area contributed by atoms with Gasteiger partial charge in [0.05, 0.1) is 26.0 Å². The first-order valence-corrected chi connectivity index (χ1v) is 12.1. The predicted molar refractivity (Wildman–Crippen MR) is 133 cm³/mol. The summed E-state index contributed by atoms with van der Waals surface area (Å²) in [6.07, 6.45) is 4.91. The van der Waals surface area contributed by atoms with E-state index in [1.165, 1.54) is 11.1 Å². The zero-order chi connectivity index (χ0) is 23.1. The fraction of sp³-hybridized carbons (Fsp3) is 0.345. The summed E-state index contributed by atoms with van der Waals surface area (Å²) in [4.78, 5) is 0. The van der Waals surface area contributed by atoms with E-state index in [-0.39, 0.29) is 6.04 Å². The molecule has 3 aromatic rings. The Bertz CT molecular complexity index is 1220. The first kappa shape index (κ1) is 21.1. The zero-order valence-electron chi connectivity index (χ0n) is 19.7. The first-order valence-electron chi connectivity index (χ1n) is 12.1. The molecule has 0 N–H and O–H groups in total. The Labute approximate surface area is 201 Å². The largest absolute Gasteiger partial charge is 0.497 e. The molecule has 2 aliphatic heterocycles. The normalized spacial score (nSPS) is 25.2. The molecule has 0 radical (unpaired) electrons. The van der Waals surface area contributed by atoms with E-state index in [0.29, 0.717) is 5.92 Å². The van der Waals surface area contributed by atoms with E-state index in [9.17, 15) is 0 Å². The number of para-hydroxylation sites is 1. The predicted octanol–water partition coefficient (Wildman–Crippen LogP) is 6.30. The van der Waals surface area contributed by atoms with Crippen LogP contribution in [-0.4, -0.2) is 30.7 Å². The second kappa shape index (κ2) is 8.39. The highest BCUT2D eigenvalue weighted by Crippen LogP contribution is 2.53. The highest BCUT2D eigenvalue weighted by molar-refractivity contribution is 6.04. The average Bonchev–Trinajstić information content (AvgIpc) is 3.36. The van der Waals surface area contributed by atoms with Gasteiger partial charge in [0.15, 0.2) is 5.72 Å². The van der Waals surface area contributed by atoms with Crippen LogP contribution < -0.4 is 14.2 Å². The Morgan fingerprint density at radius 2 is 1.68 bits per heavy atom. The molecule has 6 rings (SSSR count). The number of nitrogens with zero attached hydrogens (tertiary/aromatic N) is 2. The molecule has 2 heterocycles. The van der Waals surface area contributed by atoms with Crippen molar-refractivity contribution >= 4 is 5.71 Å². The molecule has 1 spiro atoms. The Kier molecular flexibility index (Phi) is 5.20. The van der Waals surface area contributed by atoms with Gasteiger partial charge in [0.1, 0.15) is 17.2 Å². The molecular formula is C29H30N2O3. The lowest BCUT2D eigenvalue weighted by atomic mass is 9.78. The number of fused-ring (bicyclic) bond motifs is 4. The number of hydrogen-bond donors (Lipinski definition) is 0. The van der Waals surface area contributed by atoms with Crippen molar-refractivity contribution in [3.8, 4) is 17.2 Å². The Hall–Kier alpha value is -3.47. The molecule has 1 saturated carbocycles. The van der Waals surface area contributed by atoms with Crippen LogP contribution in [0.5, 0.6) is 17.2 Å². The topological polar surface area (TPSA) is 43.3 Å². The number of rotatable bonds is 4. The number of hydrazone groups is 1. The van der Waals surface area contributed by atoms with Crippen molar-refractivity contribution in [2.45, 2.75) is 49.8 Å². The zero-order valence-corrected chi connectivity index (χ0v) is 19.7. The highest BCUT2D eigenvalue weighted by Gasteiger charge is 2.52. The fourth-order valence-corrected chi connectivity index (χ4v) is 5.89. The lowest BCUT2D eigenvalue weighted by molar-refractivity contribution is -0.142. The van der Waals surface area contributed by atoms with Crippen LogP contribution >= 0.6 is 0 Å². The van der Waals surface area contributed by atoms with Gasteiger partial charge in [-0.15, -0.1) is 0 Å². The van der Waals surface area contributed by atoms with Crippen LogP contribution in [0.2, 0.25) is 0 Å². The fourth-order valence-electron chi connectivity index (χ4n) is 5.89. The van der Waals surface area contributed by atoms with E-state index in [4.69, 9.17) is 19.3 Å². The van der Waals surface area contributed by atoms with Crippen molar-refractivity contribution < 1.29 is 14.2 Å². The van der Waals surface area contributed by atoms with Gasteiger partial charge in [-0.1, -0.05) is 48.5 Å². The summed E-state index contributed by atoms with van der Waals surface area (Å²) in [6, 6.07) is 25.5. The quantitative estimate of drug-likeness (QED) is 0.464. The van der Waals surface area contributed by atoms with E-state index in [1.54, 1.807) is 14.2 Å². The maximum atomic E-state index is 6.80. The molecule has 174 valence electrons. The van der Waals surface area contributed by atoms with Gasteiger partial charge in [-0.05, 0) is 42.5 Å². The molecule has 1 aliphatic carbocycles. The molecule has 0 aromatic heterocycles. The summed E-state index contributed by atoms with van der Waals surface area (Å²) >= 11 is 0. The molecule has 3 aromatic carbocycles. The van der Waals surface area contributed by atoms with Gasteiger partial charge >= 0.3 is 0 Å². The van der Waals surface area contributed by atoms with E-state index >= 15 is 0 Å². The standard InChI is InChI=1S/C29H30N2O3/c1-32-22-12-13-23(28(18-22)33-2)25-19-26-24-10-6-7-11-27(24)34-29(31(26)30-25)16-14-21(15-17-29)20-8-4-3-5-9-20/h3-13,18,21,26H,14-17,19H2,1-2H3/t21?,26-,29?/m0/s1. The second-order valence-electron chi connectivity index (χ2n) is 9.45. The molecule has 0 unspecified atom stereocenters. The summed E-state index contributed by atoms with van der Waals surface area (Å²) in [5.41, 5.74) is 4.28.